The van der Waals surface area contributed by atoms with Gasteiger partial charge in [0.25, 0.3) is 11.8 Å². The van der Waals surface area contributed by atoms with Gasteiger partial charge in [-0.15, -0.1) is 0 Å². The number of rotatable bonds is 3. The van der Waals surface area contributed by atoms with E-state index in [2.05, 4.69) is 4.98 Å². The highest BCUT2D eigenvalue weighted by Crippen LogP contribution is 2.38. The van der Waals surface area contributed by atoms with Gasteiger partial charge >= 0.3 is 0 Å². The summed E-state index contributed by atoms with van der Waals surface area (Å²) >= 11 is 0. The normalized spacial score (nSPS) is 19.1. The first kappa shape index (κ1) is 24.2. The predicted molar refractivity (Wildman–Crippen MR) is 130 cm³/mol. The Labute approximate surface area is 202 Å². The molecule has 7 heteroatoms. The Morgan fingerprint density at radius 2 is 1.85 bits per heavy atom. The van der Waals surface area contributed by atoms with E-state index in [1.54, 1.807) is 13.3 Å². The van der Waals surface area contributed by atoms with Gasteiger partial charge in [0.05, 0.1) is 24.3 Å². The minimum Gasteiger partial charge on any atom is -0.491 e. The number of piperidine rings is 1. The van der Waals surface area contributed by atoms with Crippen LogP contribution in [-0.2, 0) is 4.74 Å². The average molecular weight is 466 g/mol. The number of nitrogens with zero attached hydrogens (tertiary/aromatic N) is 3. The zero-order valence-corrected chi connectivity index (χ0v) is 20.3. The summed E-state index contributed by atoms with van der Waals surface area (Å²) in [6.07, 6.45) is 6.44. The number of methoxy groups -OCH3 is 1. The minimum atomic E-state index is -0.0385. The van der Waals surface area contributed by atoms with Crippen molar-refractivity contribution in [1.29, 1.82) is 0 Å². The molecule has 182 valence electrons. The Balaban J connectivity index is 1.57. The fourth-order valence-corrected chi connectivity index (χ4v) is 5.06. The molecule has 7 nitrogen and oxygen atoms in total. The summed E-state index contributed by atoms with van der Waals surface area (Å²) in [5.41, 5.74) is 2.13. The van der Waals surface area contributed by atoms with Gasteiger partial charge in [-0.3, -0.25) is 14.6 Å². The first-order chi connectivity index (χ1) is 16.5. The lowest BCUT2D eigenvalue weighted by Gasteiger charge is -2.41. The van der Waals surface area contributed by atoms with Crippen molar-refractivity contribution in [2.24, 2.45) is 5.41 Å². The second-order valence-corrected chi connectivity index (χ2v) is 9.51. The van der Waals surface area contributed by atoms with Crippen molar-refractivity contribution in [3.05, 3.63) is 59.4 Å². The molecule has 0 spiro atoms. The highest BCUT2D eigenvalue weighted by atomic mass is 16.5. The summed E-state index contributed by atoms with van der Waals surface area (Å²) < 4.78 is 11.7. The van der Waals surface area contributed by atoms with Crippen molar-refractivity contribution in [2.45, 2.75) is 39.0 Å². The van der Waals surface area contributed by atoms with Gasteiger partial charge in [-0.25, -0.2) is 0 Å². The predicted octanol–water partition coefficient (Wildman–Crippen LogP) is 3.96. The zero-order valence-electron chi connectivity index (χ0n) is 20.3. The molecule has 0 atom stereocenters. The van der Waals surface area contributed by atoms with E-state index < -0.39 is 0 Å². The Hall–Kier alpha value is -2.93. The Morgan fingerprint density at radius 3 is 2.59 bits per heavy atom. The maximum atomic E-state index is 13.3. The molecule has 0 N–H and O–H groups in total. The number of benzene rings is 1. The van der Waals surface area contributed by atoms with Gasteiger partial charge in [-0.2, -0.15) is 0 Å². The quantitative estimate of drug-likeness (QED) is 0.686. The third-order valence-electron chi connectivity index (χ3n) is 7.13. The monoisotopic (exact) mass is 465 g/mol. The van der Waals surface area contributed by atoms with Gasteiger partial charge in [0, 0.05) is 38.6 Å². The van der Waals surface area contributed by atoms with Crippen LogP contribution < -0.4 is 4.74 Å². The van der Waals surface area contributed by atoms with E-state index in [1.807, 2.05) is 53.1 Å². The fourth-order valence-electron chi connectivity index (χ4n) is 5.06. The number of carbonyl (C=O) groups is 2. The number of carbonyl (C=O) groups excluding carboxylic acids is 2. The first-order valence-electron chi connectivity index (χ1n) is 12.2. The zero-order chi connectivity index (χ0) is 24.0. The molecule has 0 radical (unpaired) electrons. The number of hydrogen-bond donors (Lipinski definition) is 0. The van der Waals surface area contributed by atoms with Gasteiger partial charge in [0.2, 0.25) is 0 Å². The fraction of sp³-hybridized carbons (Fsp3) is 0.519. The Kier molecular flexibility index (Phi) is 7.83. The van der Waals surface area contributed by atoms with Crippen molar-refractivity contribution >= 4 is 11.8 Å². The summed E-state index contributed by atoms with van der Waals surface area (Å²) in [6.45, 7) is 5.48. The number of ether oxygens (including phenoxy) is 2. The van der Waals surface area contributed by atoms with Crippen molar-refractivity contribution in [1.82, 2.24) is 14.8 Å². The molecule has 2 amide bonds. The molecule has 1 aromatic heterocycles. The molecule has 5 rings (SSSR count). The highest BCUT2D eigenvalue weighted by Gasteiger charge is 2.36. The summed E-state index contributed by atoms with van der Waals surface area (Å²) in [5.74, 6) is 0.541. The smallest absolute Gasteiger partial charge is 0.257 e. The standard InChI is InChI=1S/C27H35N3O4/c1-21-9-10-22(19-28-21)25(31)29-14-6-5-11-27(20-33-2)12-15-30(16-13-27)26(32)23-7-3-4-8-24(23)34-18-17-29/h3-4,7-10,19H,5-6,11-18,20H2,1-2H3. The number of aryl methyl sites for hydroxylation is 1. The maximum absolute atomic E-state index is 13.3. The van der Waals surface area contributed by atoms with Crippen LogP contribution in [0.15, 0.2) is 42.6 Å². The average Bonchev–Trinajstić information content (AvgIpc) is 2.86. The number of para-hydroxylation sites is 1. The molecule has 0 unspecified atom stereocenters. The van der Waals surface area contributed by atoms with Crippen molar-refractivity contribution < 1.29 is 19.1 Å². The van der Waals surface area contributed by atoms with Crippen LogP contribution in [0.1, 0.15) is 58.5 Å². The van der Waals surface area contributed by atoms with Crippen LogP contribution in [0.25, 0.3) is 0 Å². The number of hydrogen-bond acceptors (Lipinski definition) is 5. The van der Waals surface area contributed by atoms with Crippen LogP contribution in [-0.4, -0.2) is 73.1 Å². The van der Waals surface area contributed by atoms with Crippen molar-refractivity contribution in [3.8, 4) is 5.75 Å². The lowest BCUT2D eigenvalue weighted by molar-refractivity contribution is 0.0136. The van der Waals surface area contributed by atoms with Gasteiger partial charge in [-0.1, -0.05) is 18.6 Å². The van der Waals surface area contributed by atoms with E-state index >= 15 is 0 Å². The number of pyridine rings is 1. The van der Waals surface area contributed by atoms with Crippen LogP contribution in [0.4, 0.5) is 0 Å². The van der Waals surface area contributed by atoms with Crippen LogP contribution in [0.2, 0.25) is 0 Å². The van der Waals surface area contributed by atoms with Gasteiger partial charge < -0.3 is 19.3 Å². The second-order valence-electron chi connectivity index (χ2n) is 9.51. The summed E-state index contributed by atoms with van der Waals surface area (Å²) in [5, 5.41) is 0. The van der Waals surface area contributed by atoms with Crippen molar-refractivity contribution in [3.63, 3.8) is 0 Å². The number of aromatic nitrogens is 1. The molecule has 2 bridgehead atoms. The molecular formula is C27H35N3O4. The minimum absolute atomic E-state index is 0.00940. The molecular weight excluding hydrogens is 430 g/mol. The van der Waals surface area contributed by atoms with Crippen LogP contribution >= 0.6 is 0 Å². The topological polar surface area (TPSA) is 72.0 Å². The molecule has 0 aliphatic carbocycles. The SMILES string of the molecule is COCC12CCCCN(C(=O)c3ccc(C)nc3)CCOc3ccccc3C(=O)N(CC1)CC2. The lowest BCUT2D eigenvalue weighted by atomic mass is 9.75. The van der Waals surface area contributed by atoms with Crippen LogP contribution in [0.3, 0.4) is 0 Å². The van der Waals surface area contributed by atoms with Crippen molar-refractivity contribution in [2.75, 3.05) is 46.5 Å². The van der Waals surface area contributed by atoms with Gasteiger partial charge in [-0.05, 0) is 62.3 Å². The van der Waals surface area contributed by atoms with Gasteiger partial charge in [0.15, 0.2) is 0 Å². The van der Waals surface area contributed by atoms with Gasteiger partial charge in [0.1, 0.15) is 12.4 Å². The van der Waals surface area contributed by atoms with Crippen LogP contribution in [0.5, 0.6) is 5.75 Å². The molecule has 1 saturated heterocycles. The number of fused-ring (bicyclic) bond motifs is 9. The van der Waals surface area contributed by atoms with E-state index in [0.717, 1.165) is 50.9 Å². The lowest BCUT2D eigenvalue weighted by Crippen LogP contribution is -2.45. The van der Waals surface area contributed by atoms with E-state index in [0.29, 0.717) is 43.2 Å². The Morgan fingerprint density at radius 1 is 1.06 bits per heavy atom. The molecule has 3 aliphatic heterocycles. The van der Waals surface area contributed by atoms with E-state index in [4.69, 9.17) is 9.47 Å². The molecule has 1 aromatic carbocycles. The third kappa shape index (κ3) is 5.58. The number of amides is 2. The first-order valence-corrected chi connectivity index (χ1v) is 12.2. The molecule has 3 aliphatic rings. The molecule has 2 aromatic rings. The second kappa shape index (κ2) is 11.0. The maximum Gasteiger partial charge on any atom is 0.257 e. The van der Waals surface area contributed by atoms with Crippen LogP contribution in [0, 0.1) is 12.3 Å². The highest BCUT2D eigenvalue weighted by molar-refractivity contribution is 5.97. The molecule has 1 fully saturated rings. The largest absolute Gasteiger partial charge is 0.491 e. The van der Waals surface area contributed by atoms with E-state index in [1.165, 1.54) is 0 Å². The molecule has 4 heterocycles. The van der Waals surface area contributed by atoms with E-state index in [-0.39, 0.29) is 17.2 Å². The Bertz CT molecular complexity index is 984. The molecule has 34 heavy (non-hydrogen) atoms. The van der Waals surface area contributed by atoms with E-state index in [9.17, 15) is 9.59 Å². The summed E-state index contributed by atoms with van der Waals surface area (Å²) in [7, 11) is 1.76. The third-order valence-corrected chi connectivity index (χ3v) is 7.13. The summed E-state index contributed by atoms with van der Waals surface area (Å²) in [6, 6.07) is 11.1. The molecule has 0 saturated carbocycles. The summed E-state index contributed by atoms with van der Waals surface area (Å²) in [4.78, 5) is 34.6.